The van der Waals surface area contributed by atoms with Gasteiger partial charge >= 0.3 is 12.0 Å². The van der Waals surface area contributed by atoms with Crippen molar-refractivity contribution in [1.82, 2.24) is 40.1 Å². The minimum Gasteiger partial charge on any atom is -0.464 e. The number of nitrogens with zero attached hydrogens (tertiary/aromatic N) is 7. The van der Waals surface area contributed by atoms with Crippen LogP contribution in [0.3, 0.4) is 0 Å². The standard InChI is InChI=1S/C46H63N9O5S.4H2S/c1-8-53-39-15-14-31-22-33(39)35(42(53)34-23-32(26-47-41(34)30(3)59-7)52-20-18-51(6)19-21-52)25-46(4,5)28-60-44(57)36-13-11-17-55(50-36)43(56)37(24-40-48-38(31)27-61-40)49-45(58)54-16-10-9-12-29(54)2;;;;/h14-15,22-23,26-27,29-30,36-37,50H,8-13,16-21,24-25,28H2,1-7H3,(H,49,58);4*1H2/t29-,30-,36-,37-;;;;/m0..../s1. The number of carbonyl (C=O) groups is 3. The molecule has 3 fully saturated rings. The number of piperazine rings is 1. The van der Waals surface area contributed by atoms with E-state index in [4.69, 9.17) is 19.4 Å². The fraction of sp³-hybridized carbons (Fsp3) is 0.587. The summed E-state index contributed by atoms with van der Waals surface area (Å²) >= 11 is 1.49. The number of pyridine rings is 1. The largest absolute Gasteiger partial charge is 0.464 e. The molecule has 360 valence electrons. The van der Waals surface area contributed by atoms with Gasteiger partial charge < -0.3 is 34.1 Å². The first kappa shape index (κ1) is 54.4. The summed E-state index contributed by atoms with van der Waals surface area (Å²) in [5, 5.41) is 8.49. The van der Waals surface area contributed by atoms with Gasteiger partial charge in [0.05, 0.1) is 46.7 Å². The minimum atomic E-state index is -0.880. The third-order valence-corrected chi connectivity index (χ3v) is 14.0. The zero-order valence-corrected chi connectivity index (χ0v) is 43.8. The maximum atomic E-state index is 14.3. The number of aromatic nitrogens is 3. The predicted octanol–water partition coefficient (Wildman–Crippen LogP) is 6.87. The molecular formula is C46H71N9O5S5. The number of carbonyl (C=O) groups excluding carboxylic acids is 3. The van der Waals surface area contributed by atoms with E-state index in [1.165, 1.54) is 16.3 Å². The molecule has 0 saturated carbocycles. The Kier molecular flexibility index (Phi) is 19.4. The Morgan fingerprint density at radius 1 is 1.03 bits per heavy atom. The average molecular weight is 990 g/mol. The highest BCUT2D eigenvalue weighted by molar-refractivity contribution is 7.59. The number of hydrogen-bond acceptors (Lipinski definition) is 11. The van der Waals surface area contributed by atoms with Crippen LogP contribution in [0.25, 0.3) is 33.4 Å². The number of fused-ring (bicyclic) bond motifs is 6. The van der Waals surface area contributed by atoms with E-state index in [9.17, 15) is 14.4 Å². The molecule has 4 aliphatic rings. The summed E-state index contributed by atoms with van der Waals surface area (Å²) in [6.07, 6.45) is 6.68. The van der Waals surface area contributed by atoms with Crippen molar-refractivity contribution < 1.29 is 23.9 Å². The number of cyclic esters (lactones) is 1. The van der Waals surface area contributed by atoms with Crippen LogP contribution in [0.15, 0.2) is 35.8 Å². The number of methoxy groups -OCH3 is 1. The molecule has 6 bridgehead atoms. The Hall–Kier alpha value is -3.17. The van der Waals surface area contributed by atoms with Crippen LogP contribution in [-0.2, 0) is 38.4 Å². The monoisotopic (exact) mass is 989 g/mol. The Labute approximate surface area is 416 Å². The molecule has 19 heteroatoms. The quantitative estimate of drug-likeness (QED) is 0.197. The molecule has 8 rings (SSSR count). The third kappa shape index (κ3) is 11.8. The number of esters is 1. The number of hydrazine groups is 1. The van der Waals surface area contributed by atoms with E-state index in [0.717, 1.165) is 107 Å². The highest BCUT2D eigenvalue weighted by atomic mass is 32.1. The van der Waals surface area contributed by atoms with Crippen molar-refractivity contribution in [3.05, 3.63) is 52.1 Å². The topological polar surface area (TPSA) is 137 Å². The molecule has 2 N–H and O–H groups in total. The maximum absolute atomic E-state index is 14.3. The third-order valence-electron chi connectivity index (χ3n) is 13.1. The van der Waals surface area contributed by atoms with Gasteiger partial charge in [-0.05, 0) is 90.1 Å². The Balaban J connectivity index is 0.00000231. The number of aryl methyl sites for hydroxylation is 1. The highest BCUT2D eigenvalue weighted by Gasteiger charge is 2.37. The first-order valence-electron chi connectivity index (χ1n) is 22.2. The van der Waals surface area contributed by atoms with E-state index >= 15 is 0 Å². The number of hydrogen-bond donors (Lipinski definition) is 2. The van der Waals surface area contributed by atoms with E-state index in [0.29, 0.717) is 32.4 Å². The number of benzene rings is 1. The van der Waals surface area contributed by atoms with Crippen LogP contribution in [-0.4, -0.2) is 125 Å². The van der Waals surface area contributed by atoms with Gasteiger partial charge in [-0.1, -0.05) is 19.9 Å². The van der Waals surface area contributed by atoms with Gasteiger partial charge in [0.25, 0.3) is 5.91 Å². The summed E-state index contributed by atoms with van der Waals surface area (Å²) in [6, 6.07) is 7.12. The van der Waals surface area contributed by atoms with Crippen molar-refractivity contribution >= 4 is 99.8 Å². The lowest BCUT2D eigenvalue weighted by molar-refractivity contribution is -0.155. The minimum absolute atomic E-state index is 0. The summed E-state index contributed by atoms with van der Waals surface area (Å²) in [5.41, 5.74) is 10.8. The summed E-state index contributed by atoms with van der Waals surface area (Å²) in [7, 11) is 3.90. The lowest BCUT2D eigenvalue weighted by atomic mass is 9.84. The van der Waals surface area contributed by atoms with Crippen LogP contribution < -0.4 is 15.6 Å². The second kappa shape index (κ2) is 23.2. The number of thiazole rings is 1. The number of anilines is 1. The summed E-state index contributed by atoms with van der Waals surface area (Å²) in [6.45, 7) is 16.4. The normalized spacial score (nSPS) is 22.0. The first-order valence-corrected chi connectivity index (χ1v) is 23.1. The average Bonchev–Trinajstić information content (AvgIpc) is 3.86. The fourth-order valence-corrected chi connectivity index (χ4v) is 10.3. The van der Waals surface area contributed by atoms with Gasteiger partial charge in [0, 0.05) is 98.2 Å². The SMILES string of the molecule is CCn1c(-c2cc(N3CCN(C)CC3)cnc2[C@H](C)OC)c2c3cc(ccc31)-c1csc(n1)C[C@H](NC(=O)N1CCCC[C@@H]1C)C(=O)N1CCC[C@H](N1)C(=O)OCC(C)(C)C2.S.S.S.S. The Morgan fingerprint density at radius 2 is 1.78 bits per heavy atom. The van der Waals surface area contributed by atoms with E-state index in [2.05, 4.69) is 84.1 Å². The molecule has 3 amide bonds. The van der Waals surface area contributed by atoms with Crippen LogP contribution in [0.4, 0.5) is 10.5 Å². The van der Waals surface area contributed by atoms with Crippen molar-refractivity contribution in [1.29, 1.82) is 0 Å². The summed E-state index contributed by atoms with van der Waals surface area (Å²) < 4.78 is 14.5. The molecule has 4 aromatic rings. The molecular weight excluding hydrogens is 919 g/mol. The fourth-order valence-electron chi connectivity index (χ4n) is 9.47. The van der Waals surface area contributed by atoms with E-state index in [-0.39, 0.29) is 91.1 Å². The van der Waals surface area contributed by atoms with E-state index < -0.39 is 23.5 Å². The van der Waals surface area contributed by atoms with Gasteiger partial charge in [-0.25, -0.2) is 15.2 Å². The van der Waals surface area contributed by atoms with Gasteiger partial charge in [-0.3, -0.25) is 19.6 Å². The number of urea groups is 1. The van der Waals surface area contributed by atoms with E-state index in [1.807, 2.05) is 23.4 Å². The van der Waals surface area contributed by atoms with Crippen LogP contribution >= 0.6 is 65.3 Å². The summed E-state index contributed by atoms with van der Waals surface area (Å²) in [5.74, 6) is -0.681. The number of piperidine rings is 1. The van der Waals surface area contributed by atoms with Gasteiger partial charge in [-0.15, -0.1) is 11.3 Å². The van der Waals surface area contributed by atoms with Crippen molar-refractivity contribution in [2.45, 2.75) is 110 Å². The van der Waals surface area contributed by atoms with Gasteiger partial charge in [-0.2, -0.15) is 54.0 Å². The molecule has 0 aliphatic carbocycles. The van der Waals surface area contributed by atoms with Crippen LogP contribution in [0, 0.1) is 5.41 Å². The number of ether oxygens (including phenoxy) is 2. The van der Waals surface area contributed by atoms with Gasteiger partial charge in [0.1, 0.15) is 12.1 Å². The molecule has 65 heavy (non-hydrogen) atoms. The Morgan fingerprint density at radius 3 is 2.49 bits per heavy atom. The first-order chi connectivity index (χ1) is 29.3. The number of rotatable bonds is 6. The molecule has 0 unspecified atom stereocenters. The molecule has 4 aliphatic heterocycles. The zero-order valence-electron chi connectivity index (χ0n) is 39.0. The lowest BCUT2D eigenvalue weighted by Crippen LogP contribution is -2.61. The van der Waals surface area contributed by atoms with Crippen LogP contribution in [0.1, 0.15) is 89.1 Å². The summed E-state index contributed by atoms with van der Waals surface area (Å²) in [4.78, 5) is 58.9. The van der Waals surface area contributed by atoms with Crippen molar-refractivity contribution in [2.24, 2.45) is 5.41 Å². The molecule has 14 nitrogen and oxygen atoms in total. The number of likely N-dealkylation sites (tertiary alicyclic amines) is 1. The molecule has 0 spiro atoms. The number of amides is 3. The van der Waals surface area contributed by atoms with Gasteiger partial charge in [0.15, 0.2) is 0 Å². The van der Waals surface area contributed by atoms with Crippen LogP contribution in [0.5, 0.6) is 0 Å². The molecule has 0 radical (unpaired) electrons. The second-order valence-electron chi connectivity index (χ2n) is 18.2. The molecule has 4 atom stereocenters. The highest BCUT2D eigenvalue weighted by Crippen LogP contribution is 2.43. The molecule has 3 aromatic heterocycles. The van der Waals surface area contributed by atoms with Crippen molar-refractivity contribution in [3.8, 4) is 22.5 Å². The van der Waals surface area contributed by atoms with Crippen molar-refractivity contribution in [3.63, 3.8) is 0 Å². The molecule has 3 saturated heterocycles. The van der Waals surface area contributed by atoms with E-state index in [1.54, 1.807) is 7.11 Å². The maximum Gasteiger partial charge on any atom is 0.324 e. The predicted molar refractivity (Wildman–Crippen MR) is 281 cm³/mol. The van der Waals surface area contributed by atoms with Gasteiger partial charge in [0.2, 0.25) is 0 Å². The van der Waals surface area contributed by atoms with Crippen molar-refractivity contribution in [2.75, 3.05) is 64.9 Å². The number of likely N-dealkylation sites (N-methyl/N-ethyl adjacent to an activating group) is 1. The lowest BCUT2D eigenvalue weighted by Gasteiger charge is -2.37. The molecule has 7 heterocycles. The molecule has 1 aromatic carbocycles. The number of nitrogens with one attached hydrogen (secondary N) is 2. The zero-order chi connectivity index (χ0) is 43.0. The van der Waals surface area contributed by atoms with Crippen LogP contribution in [0.2, 0.25) is 0 Å². The smallest absolute Gasteiger partial charge is 0.324 e. The second-order valence-corrected chi connectivity index (χ2v) is 19.2. The Bertz CT molecular complexity index is 2260.